The van der Waals surface area contributed by atoms with E-state index in [1.54, 1.807) is 24.3 Å². The van der Waals surface area contributed by atoms with Crippen LogP contribution in [-0.4, -0.2) is 41.6 Å². The predicted octanol–water partition coefficient (Wildman–Crippen LogP) is 6.31. The quantitative estimate of drug-likeness (QED) is 0.154. The molecular formula is C31H38BrFO5. The van der Waals surface area contributed by atoms with E-state index in [2.05, 4.69) is 26.7 Å². The molecule has 0 aliphatic heterocycles. The minimum Gasteiger partial charge on any atom is -0.469 e. The zero-order valence-corrected chi connectivity index (χ0v) is 23.4. The molecule has 0 radical (unpaired) electrons. The lowest BCUT2D eigenvalue weighted by atomic mass is 9.89. The summed E-state index contributed by atoms with van der Waals surface area (Å²) in [6, 6.07) is 14.5. The van der Waals surface area contributed by atoms with E-state index in [4.69, 9.17) is 4.74 Å². The summed E-state index contributed by atoms with van der Waals surface area (Å²) in [6.45, 7) is 0.412. The van der Waals surface area contributed by atoms with Gasteiger partial charge in [0.2, 0.25) is 0 Å². The number of carbonyl (C=O) groups is 1. The molecule has 0 amide bonds. The van der Waals surface area contributed by atoms with E-state index in [-0.39, 0.29) is 29.7 Å². The number of allylic oxidation sites excluding steroid dienone is 2. The maximum atomic E-state index is 13.9. The maximum Gasteiger partial charge on any atom is 0.305 e. The highest BCUT2D eigenvalue weighted by molar-refractivity contribution is 9.10. The van der Waals surface area contributed by atoms with Crippen molar-refractivity contribution in [2.24, 2.45) is 11.8 Å². The topological polar surface area (TPSA) is 76.0 Å². The fraction of sp³-hybridized carbons (Fsp3) is 0.452. The molecule has 7 heteroatoms. The van der Waals surface area contributed by atoms with Crippen LogP contribution in [0.5, 0.6) is 0 Å². The second-order valence-corrected chi connectivity index (χ2v) is 10.6. The molecule has 0 heterocycles. The highest BCUT2D eigenvalue weighted by Gasteiger charge is 2.41. The number of rotatable bonds is 14. The monoisotopic (exact) mass is 588 g/mol. The Morgan fingerprint density at radius 3 is 2.63 bits per heavy atom. The van der Waals surface area contributed by atoms with Gasteiger partial charge in [-0.25, -0.2) is 4.39 Å². The molecule has 38 heavy (non-hydrogen) atoms. The van der Waals surface area contributed by atoms with Gasteiger partial charge in [-0.05, 0) is 61.3 Å². The van der Waals surface area contributed by atoms with Gasteiger partial charge in [-0.3, -0.25) is 4.79 Å². The third-order valence-corrected chi connectivity index (χ3v) is 7.85. The van der Waals surface area contributed by atoms with Crippen molar-refractivity contribution in [3.63, 3.8) is 0 Å². The highest BCUT2D eigenvalue weighted by atomic mass is 79.9. The van der Waals surface area contributed by atoms with E-state index in [0.717, 1.165) is 16.5 Å². The summed E-state index contributed by atoms with van der Waals surface area (Å²) < 4.78 is 25.9. The molecule has 1 aliphatic rings. The Balaban J connectivity index is 1.63. The molecule has 0 spiro atoms. The first-order valence-electron chi connectivity index (χ1n) is 13.2. The van der Waals surface area contributed by atoms with E-state index in [0.29, 0.717) is 50.7 Å². The molecule has 0 saturated heterocycles. The summed E-state index contributed by atoms with van der Waals surface area (Å²) in [4.78, 5) is 11.3. The van der Waals surface area contributed by atoms with Crippen LogP contribution in [-0.2, 0) is 27.3 Å². The average molecular weight is 590 g/mol. The van der Waals surface area contributed by atoms with Gasteiger partial charge >= 0.3 is 5.97 Å². The molecule has 5 nitrogen and oxygen atoms in total. The number of aliphatic hydroxyl groups is 2. The lowest BCUT2D eigenvalue weighted by Gasteiger charge is -2.23. The van der Waals surface area contributed by atoms with Crippen LogP contribution in [0.2, 0.25) is 0 Å². The number of ether oxygens (including phenoxy) is 2. The minimum absolute atomic E-state index is 0.0638. The normalized spacial score (nSPS) is 22.3. The Morgan fingerprint density at radius 2 is 1.89 bits per heavy atom. The van der Waals surface area contributed by atoms with Gasteiger partial charge in [-0.15, -0.1) is 0 Å². The van der Waals surface area contributed by atoms with E-state index >= 15 is 0 Å². The summed E-state index contributed by atoms with van der Waals surface area (Å²) in [6.07, 6.45) is 10.2. The van der Waals surface area contributed by atoms with Crippen LogP contribution < -0.4 is 0 Å². The SMILES string of the molecule is COC(=O)CCCC=CCC1C(O)CC(OCc2ccccc2Br)C1C=CC(O)CCc1ccccc1F. The van der Waals surface area contributed by atoms with Crippen molar-refractivity contribution in [1.29, 1.82) is 0 Å². The van der Waals surface area contributed by atoms with Crippen LogP contribution in [0.25, 0.3) is 0 Å². The van der Waals surface area contributed by atoms with Crippen LogP contribution >= 0.6 is 15.9 Å². The Labute approximate surface area is 233 Å². The molecule has 1 saturated carbocycles. The number of aliphatic hydroxyl groups excluding tert-OH is 2. The van der Waals surface area contributed by atoms with Crippen molar-refractivity contribution in [1.82, 2.24) is 0 Å². The van der Waals surface area contributed by atoms with E-state index < -0.39 is 12.2 Å². The van der Waals surface area contributed by atoms with Crippen molar-refractivity contribution in [3.05, 3.63) is 94.3 Å². The first-order valence-corrected chi connectivity index (χ1v) is 14.0. The maximum absolute atomic E-state index is 13.9. The number of esters is 1. The molecule has 0 aromatic heterocycles. The smallest absolute Gasteiger partial charge is 0.305 e. The Bertz CT molecular complexity index is 1070. The summed E-state index contributed by atoms with van der Waals surface area (Å²) >= 11 is 3.56. The molecule has 1 aliphatic carbocycles. The van der Waals surface area contributed by atoms with E-state index in [1.165, 1.54) is 13.2 Å². The van der Waals surface area contributed by atoms with Crippen LogP contribution in [0.15, 0.2) is 77.3 Å². The van der Waals surface area contributed by atoms with Crippen LogP contribution in [0.3, 0.4) is 0 Å². The second kappa shape index (κ2) is 15.9. The molecule has 2 aromatic carbocycles. The largest absolute Gasteiger partial charge is 0.469 e. The van der Waals surface area contributed by atoms with Gasteiger partial charge in [-0.2, -0.15) is 0 Å². The zero-order valence-electron chi connectivity index (χ0n) is 21.8. The van der Waals surface area contributed by atoms with Crippen molar-refractivity contribution in [3.8, 4) is 0 Å². The van der Waals surface area contributed by atoms with E-state index in [1.807, 2.05) is 36.4 Å². The minimum atomic E-state index is -0.731. The fourth-order valence-electron chi connectivity index (χ4n) is 4.87. The Hall–Kier alpha value is -2.32. The Morgan fingerprint density at radius 1 is 1.16 bits per heavy atom. The van der Waals surface area contributed by atoms with Crippen molar-refractivity contribution in [2.45, 2.75) is 69.9 Å². The van der Waals surface area contributed by atoms with Gasteiger partial charge in [0.05, 0.1) is 32.0 Å². The lowest BCUT2D eigenvalue weighted by molar-refractivity contribution is -0.140. The van der Waals surface area contributed by atoms with Gasteiger partial charge in [0.15, 0.2) is 0 Å². The molecule has 2 N–H and O–H groups in total. The summed E-state index contributed by atoms with van der Waals surface area (Å²) in [5, 5.41) is 21.5. The lowest BCUT2D eigenvalue weighted by Crippen LogP contribution is -2.22. The summed E-state index contributed by atoms with van der Waals surface area (Å²) in [5.41, 5.74) is 1.62. The molecule has 1 fully saturated rings. The van der Waals surface area contributed by atoms with Crippen molar-refractivity contribution < 1.29 is 28.9 Å². The third-order valence-electron chi connectivity index (χ3n) is 7.08. The number of methoxy groups -OCH3 is 1. The third kappa shape index (κ3) is 9.45. The molecule has 5 atom stereocenters. The van der Waals surface area contributed by atoms with Gasteiger partial charge in [-0.1, -0.05) is 76.6 Å². The van der Waals surface area contributed by atoms with Crippen LogP contribution in [0, 0.1) is 17.7 Å². The molecule has 2 aromatic rings. The fourth-order valence-corrected chi connectivity index (χ4v) is 5.27. The molecular weight excluding hydrogens is 551 g/mol. The first kappa shape index (κ1) is 30.2. The Kier molecular flexibility index (Phi) is 12.7. The number of aryl methyl sites for hydroxylation is 1. The van der Waals surface area contributed by atoms with E-state index in [9.17, 15) is 19.4 Å². The molecule has 206 valence electrons. The number of hydrogen-bond donors (Lipinski definition) is 2. The van der Waals surface area contributed by atoms with Gasteiger partial charge in [0.1, 0.15) is 5.82 Å². The zero-order chi connectivity index (χ0) is 27.3. The molecule has 3 rings (SSSR count). The predicted molar refractivity (Wildman–Crippen MR) is 150 cm³/mol. The number of unbranched alkanes of at least 4 members (excludes halogenated alkanes) is 1. The van der Waals surface area contributed by atoms with Crippen molar-refractivity contribution >= 4 is 21.9 Å². The number of benzene rings is 2. The second-order valence-electron chi connectivity index (χ2n) is 9.74. The summed E-state index contributed by atoms with van der Waals surface area (Å²) in [5.74, 6) is -0.628. The van der Waals surface area contributed by atoms with Gasteiger partial charge < -0.3 is 19.7 Å². The highest BCUT2D eigenvalue weighted by Crippen LogP contribution is 2.39. The van der Waals surface area contributed by atoms with Crippen LogP contribution in [0.1, 0.15) is 49.7 Å². The standard InChI is InChI=1S/C31H38BrFO5/c1-37-31(36)15-5-3-2-4-12-25-26(19-18-24(34)17-16-22-10-7-9-14-28(22)33)30(20-29(25)35)38-21-23-11-6-8-13-27(23)32/h2,4,6-11,13-14,18-19,24-26,29-30,34-35H,3,5,12,15-17,20-21H2,1H3. The number of halogens is 2. The van der Waals surface area contributed by atoms with Crippen LogP contribution in [0.4, 0.5) is 4.39 Å². The first-order chi connectivity index (χ1) is 18.4. The van der Waals surface area contributed by atoms with Gasteiger partial charge in [0.25, 0.3) is 0 Å². The number of hydrogen-bond acceptors (Lipinski definition) is 5. The summed E-state index contributed by atoms with van der Waals surface area (Å²) in [7, 11) is 1.39. The van der Waals surface area contributed by atoms with Gasteiger partial charge in [0, 0.05) is 23.2 Å². The molecule has 5 unspecified atom stereocenters. The van der Waals surface area contributed by atoms with Crippen molar-refractivity contribution in [2.75, 3.05) is 7.11 Å². The number of carbonyl (C=O) groups excluding carboxylic acids is 1. The average Bonchev–Trinajstić information content (AvgIpc) is 3.21. The molecule has 0 bridgehead atoms.